The molecule has 7 heteroatoms. The molecule has 0 saturated carbocycles. The minimum absolute atomic E-state index is 0.189. The smallest absolute Gasteiger partial charge is 0.363 e. The highest BCUT2D eigenvalue weighted by Gasteiger charge is 2.25. The van der Waals surface area contributed by atoms with E-state index < -0.39 is 5.97 Å². The van der Waals surface area contributed by atoms with Crippen LogP contribution in [-0.4, -0.2) is 18.5 Å². The van der Waals surface area contributed by atoms with Crippen LogP contribution in [0.25, 0.3) is 6.08 Å². The summed E-state index contributed by atoms with van der Waals surface area (Å²) in [6, 6.07) is 20.6. The second-order valence-electron chi connectivity index (χ2n) is 6.84. The van der Waals surface area contributed by atoms with Gasteiger partial charge in [-0.25, -0.2) is 9.79 Å². The van der Waals surface area contributed by atoms with E-state index in [1.54, 1.807) is 24.3 Å². The van der Waals surface area contributed by atoms with Crippen LogP contribution in [0.3, 0.4) is 0 Å². The summed E-state index contributed by atoms with van der Waals surface area (Å²) in [6.45, 7) is 2.82. The van der Waals surface area contributed by atoms with E-state index in [1.165, 1.54) is 0 Å². The molecule has 0 spiro atoms. The van der Waals surface area contributed by atoms with Gasteiger partial charge in [0.1, 0.15) is 6.61 Å². The molecular weight excluding hydrogens is 541 g/mol. The molecule has 4 rings (SSSR count). The second kappa shape index (κ2) is 10.2. The lowest BCUT2D eigenvalue weighted by Gasteiger charge is -2.13. The van der Waals surface area contributed by atoms with Crippen molar-refractivity contribution in [2.45, 2.75) is 13.5 Å². The number of nitrogens with zero attached hydrogens (tertiary/aromatic N) is 1. The van der Waals surface area contributed by atoms with Gasteiger partial charge in [-0.05, 0) is 71.5 Å². The van der Waals surface area contributed by atoms with Crippen molar-refractivity contribution >= 4 is 52.1 Å². The molecule has 5 nitrogen and oxygen atoms in total. The molecule has 0 saturated heterocycles. The largest absolute Gasteiger partial charge is 0.490 e. The number of halogens is 2. The molecule has 0 bridgehead atoms. The maximum atomic E-state index is 12.3. The third kappa shape index (κ3) is 5.14. The Bertz CT molecular complexity index is 1220. The fraction of sp³-hybridized carbons (Fsp3) is 0.120. The fourth-order valence-electron chi connectivity index (χ4n) is 3.09. The van der Waals surface area contributed by atoms with Gasteiger partial charge in [0, 0.05) is 9.13 Å². The van der Waals surface area contributed by atoms with Crippen LogP contribution in [0, 0.1) is 3.57 Å². The summed E-state index contributed by atoms with van der Waals surface area (Å²) < 4.78 is 18.2. The monoisotopic (exact) mass is 559 g/mol. The highest BCUT2D eigenvalue weighted by Crippen LogP contribution is 2.31. The standard InChI is InChI=1S/C25H19ClINO4/c1-2-30-23-14-16(11-12-22(23)31-15-17-7-3-6-10-20(17)27)13-21-25(29)32-24(28-21)18-8-4-5-9-19(18)26/h3-14H,2,15H2,1H3/b21-13-. The number of benzene rings is 3. The summed E-state index contributed by atoms with van der Waals surface area (Å²) in [4.78, 5) is 16.7. The van der Waals surface area contributed by atoms with Gasteiger partial charge in [-0.15, -0.1) is 0 Å². The Morgan fingerprint density at radius 2 is 1.81 bits per heavy atom. The van der Waals surface area contributed by atoms with Crippen molar-refractivity contribution < 1.29 is 19.0 Å². The third-order valence-corrected chi connectivity index (χ3v) is 6.02. The van der Waals surface area contributed by atoms with Crippen LogP contribution in [0.5, 0.6) is 11.5 Å². The van der Waals surface area contributed by atoms with Crippen LogP contribution >= 0.6 is 34.2 Å². The van der Waals surface area contributed by atoms with Gasteiger partial charge in [0.2, 0.25) is 5.90 Å². The van der Waals surface area contributed by atoms with E-state index in [0.29, 0.717) is 35.3 Å². The zero-order chi connectivity index (χ0) is 22.5. The quantitative estimate of drug-likeness (QED) is 0.195. The lowest BCUT2D eigenvalue weighted by molar-refractivity contribution is -0.129. The first-order chi connectivity index (χ1) is 15.5. The predicted molar refractivity (Wildman–Crippen MR) is 133 cm³/mol. The number of aliphatic imine (C=N–C) groups is 1. The molecule has 162 valence electrons. The van der Waals surface area contributed by atoms with Crippen LogP contribution in [0.4, 0.5) is 0 Å². The molecule has 32 heavy (non-hydrogen) atoms. The van der Waals surface area contributed by atoms with Crippen LogP contribution in [0.2, 0.25) is 5.02 Å². The second-order valence-corrected chi connectivity index (χ2v) is 8.40. The van der Waals surface area contributed by atoms with E-state index >= 15 is 0 Å². The van der Waals surface area contributed by atoms with Gasteiger partial charge in [0.15, 0.2) is 17.2 Å². The minimum atomic E-state index is -0.531. The first kappa shape index (κ1) is 22.4. The van der Waals surface area contributed by atoms with E-state index in [9.17, 15) is 4.79 Å². The molecule has 0 aromatic heterocycles. The molecule has 3 aromatic carbocycles. The molecule has 0 amide bonds. The van der Waals surface area contributed by atoms with Gasteiger partial charge in [0.05, 0.1) is 17.2 Å². The number of esters is 1. The Balaban J connectivity index is 1.58. The van der Waals surface area contributed by atoms with Crippen molar-refractivity contribution in [1.82, 2.24) is 0 Å². The van der Waals surface area contributed by atoms with Gasteiger partial charge in [0.25, 0.3) is 0 Å². The molecule has 0 unspecified atom stereocenters. The van der Waals surface area contributed by atoms with Gasteiger partial charge >= 0.3 is 5.97 Å². The number of ether oxygens (including phenoxy) is 3. The molecule has 0 fully saturated rings. The molecule has 3 aromatic rings. The van der Waals surface area contributed by atoms with E-state index in [0.717, 1.165) is 14.7 Å². The number of hydrogen-bond acceptors (Lipinski definition) is 5. The molecule has 0 atom stereocenters. The average molecular weight is 560 g/mol. The lowest BCUT2D eigenvalue weighted by atomic mass is 10.1. The molecule has 0 aliphatic carbocycles. The molecule has 1 aliphatic rings. The summed E-state index contributed by atoms with van der Waals surface area (Å²) in [5.41, 5.74) is 2.60. The van der Waals surface area contributed by atoms with Crippen molar-refractivity contribution in [3.05, 3.63) is 97.7 Å². The maximum Gasteiger partial charge on any atom is 0.363 e. The summed E-state index contributed by atoms with van der Waals surface area (Å²) in [5.74, 6) is 0.878. The van der Waals surface area contributed by atoms with Crippen molar-refractivity contribution in [2.75, 3.05) is 6.61 Å². The summed E-state index contributed by atoms with van der Waals surface area (Å²) in [6.07, 6.45) is 1.65. The van der Waals surface area contributed by atoms with Crippen LogP contribution in [0.15, 0.2) is 77.4 Å². The Morgan fingerprint density at radius 1 is 1.03 bits per heavy atom. The van der Waals surface area contributed by atoms with E-state index in [2.05, 4.69) is 27.6 Å². The number of hydrogen-bond donors (Lipinski definition) is 0. The van der Waals surface area contributed by atoms with E-state index in [-0.39, 0.29) is 11.6 Å². The van der Waals surface area contributed by atoms with Crippen molar-refractivity contribution in [2.24, 2.45) is 4.99 Å². The van der Waals surface area contributed by atoms with Crippen molar-refractivity contribution in [3.63, 3.8) is 0 Å². The summed E-state index contributed by atoms with van der Waals surface area (Å²) in [5, 5.41) is 0.466. The number of cyclic esters (lactones) is 1. The topological polar surface area (TPSA) is 57.1 Å². The van der Waals surface area contributed by atoms with Gasteiger partial charge < -0.3 is 14.2 Å². The van der Waals surface area contributed by atoms with Crippen LogP contribution < -0.4 is 9.47 Å². The predicted octanol–water partition coefficient (Wildman–Crippen LogP) is 6.27. The van der Waals surface area contributed by atoms with Gasteiger partial charge in [-0.2, -0.15) is 0 Å². The Kier molecular flexibility index (Phi) is 7.12. The first-order valence-electron chi connectivity index (χ1n) is 9.95. The summed E-state index contributed by atoms with van der Waals surface area (Å²) in [7, 11) is 0. The zero-order valence-electron chi connectivity index (χ0n) is 17.2. The maximum absolute atomic E-state index is 12.3. The van der Waals surface area contributed by atoms with Gasteiger partial charge in [-0.3, -0.25) is 0 Å². The Labute approximate surface area is 204 Å². The molecular formula is C25H19ClINO4. The number of rotatable bonds is 7. The normalized spacial score (nSPS) is 14.3. The zero-order valence-corrected chi connectivity index (χ0v) is 20.1. The van der Waals surface area contributed by atoms with Crippen molar-refractivity contribution in [3.8, 4) is 11.5 Å². The number of carbonyl (C=O) groups is 1. The fourth-order valence-corrected chi connectivity index (χ4v) is 3.85. The lowest BCUT2D eigenvalue weighted by Crippen LogP contribution is -2.05. The molecule has 1 heterocycles. The first-order valence-corrected chi connectivity index (χ1v) is 11.4. The third-order valence-electron chi connectivity index (χ3n) is 4.64. The van der Waals surface area contributed by atoms with Crippen LogP contribution in [-0.2, 0) is 16.1 Å². The Hall–Kier alpha value is -2.84. The van der Waals surface area contributed by atoms with Crippen LogP contribution in [0.1, 0.15) is 23.6 Å². The Morgan fingerprint density at radius 3 is 2.59 bits per heavy atom. The molecule has 0 N–H and O–H groups in total. The van der Waals surface area contributed by atoms with E-state index in [1.807, 2.05) is 55.5 Å². The highest BCUT2D eigenvalue weighted by atomic mass is 127. The molecule has 1 aliphatic heterocycles. The SMILES string of the molecule is CCOc1cc(/C=C2\N=C(c3ccccc3Cl)OC2=O)ccc1OCc1ccccc1I. The molecule has 0 radical (unpaired) electrons. The highest BCUT2D eigenvalue weighted by molar-refractivity contribution is 14.1. The summed E-state index contributed by atoms with van der Waals surface area (Å²) >= 11 is 8.48. The average Bonchev–Trinajstić information content (AvgIpc) is 3.14. The van der Waals surface area contributed by atoms with Gasteiger partial charge in [-0.1, -0.05) is 48.0 Å². The minimum Gasteiger partial charge on any atom is -0.490 e. The van der Waals surface area contributed by atoms with Crippen molar-refractivity contribution in [1.29, 1.82) is 0 Å². The van der Waals surface area contributed by atoms with E-state index in [4.69, 9.17) is 25.8 Å². The number of carbonyl (C=O) groups excluding carboxylic acids is 1.